The predicted molar refractivity (Wildman–Crippen MR) is 85.4 cm³/mol. The molecule has 0 aromatic carbocycles. The lowest BCUT2D eigenvalue weighted by Gasteiger charge is -2.08. The second-order valence-corrected chi connectivity index (χ2v) is 5.13. The monoisotopic (exact) mass is 327 g/mol. The first-order chi connectivity index (χ1) is 11.6. The van der Waals surface area contributed by atoms with Crippen LogP contribution in [0, 0.1) is 0 Å². The Hall–Kier alpha value is -3.29. The Kier molecular flexibility index (Phi) is 4.46. The van der Waals surface area contributed by atoms with Crippen LogP contribution in [0.25, 0.3) is 5.82 Å². The fourth-order valence-electron chi connectivity index (χ4n) is 2.29. The standard InChI is InChI=1S/C16H17N5O3/c1-20-16(21-6-2-3-7-21)13(10-19-20)15(23)18-11-14(22)17-9-12-5-4-8-24-12/h2-8,10H,9,11H2,1H3,(H,17,22)(H,18,23). The third-order valence-electron chi connectivity index (χ3n) is 3.45. The summed E-state index contributed by atoms with van der Waals surface area (Å²) in [5.41, 5.74) is 0.396. The Morgan fingerprint density at radius 1 is 1.21 bits per heavy atom. The van der Waals surface area contributed by atoms with Gasteiger partial charge in [0.1, 0.15) is 17.1 Å². The number of carbonyl (C=O) groups is 2. The molecule has 3 rings (SSSR count). The maximum absolute atomic E-state index is 12.3. The van der Waals surface area contributed by atoms with Crippen LogP contribution in [0.1, 0.15) is 16.1 Å². The maximum atomic E-state index is 12.3. The summed E-state index contributed by atoms with van der Waals surface area (Å²) in [5.74, 6) is 0.622. The average molecular weight is 327 g/mol. The van der Waals surface area contributed by atoms with E-state index in [-0.39, 0.29) is 24.9 Å². The van der Waals surface area contributed by atoms with Gasteiger partial charge in [0.2, 0.25) is 5.91 Å². The minimum atomic E-state index is -0.361. The van der Waals surface area contributed by atoms with Crippen LogP contribution in [0.2, 0.25) is 0 Å². The molecule has 2 N–H and O–H groups in total. The average Bonchev–Trinajstić information content (AvgIpc) is 3.31. The van der Waals surface area contributed by atoms with Crippen molar-refractivity contribution in [3.63, 3.8) is 0 Å². The molecule has 0 saturated carbocycles. The fourth-order valence-corrected chi connectivity index (χ4v) is 2.29. The molecule has 0 aliphatic carbocycles. The van der Waals surface area contributed by atoms with Crippen molar-refractivity contribution in [3.05, 3.63) is 60.4 Å². The molecule has 0 spiro atoms. The normalized spacial score (nSPS) is 10.5. The Labute approximate surface area is 138 Å². The van der Waals surface area contributed by atoms with Crippen LogP contribution in [0.4, 0.5) is 0 Å². The van der Waals surface area contributed by atoms with Crippen molar-refractivity contribution < 1.29 is 14.0 Å². The van der Waals surface area contributed by atoms with Gasteiger partial charge >= 0.3 is 0 Å². The number of hydrogen-bond donors (Lipinski definition) is 2. The molecule has 0 saturated heterocycles. The summed E-state index contributed by atoms with van der Waals surface area (Å²) >= 11 is 0. The lowest BCUT2D eigenvalue weighted by atomic mass is 10.3. The summed E-state index contributed by atoms with van der Waals surface area (Å²) < 4.78 is 8.52. The topological polar surface area (TPSA) is 94.1 Å². The molecule has 8 nitrogen and oxygen atoms in total. The lowest BCUT2D eigenvalue weighted by molar-refractivity contribution is -0.120. The number of aryl methyl sites for hydroxylation is 1. The second-order valence-electron chi connectivity index (χ2n) is 5.13. The van der Waals surface area contributed by atoms with Crippen LogP contribution in [0.15, 0.2) is 53.5 Å². The van der Waals surface area contributed by atoms with Gasteiger partial charge in [-0.25, -0.2) is 0 Å². The first kappa shape index (κ1) is 15.6. The Bertz CT molecular complexity index is 818. The molecule has 2 amide bonds. The molecule has 3 aromatic rings. The van der Waals surface area contributed by atoms with Crippen molar-refractivity contribution >= 4 is 11.8 Å². The third-order valence-corrected chi connectivity index (χ3v) is 3.45. The minimum absolute atomic E-state index is 0.125. The number of nitrogens with zero attached hydrogens (tertiary/aromatic N) is 3. The van der Waals surface area contributed by atoms with E-state index in [2.05, 4.69) is 15.7 Å². The van der Waals surface area contributed by atoms with Gasteiger partial charge in [-0.2, -0.15) is 5.10 Å². The van der Waals surface area contributed by atoms with Crippen LogP contribution in [0.5, 0.6) is 0 Å². The van der Waals surface area contributed by atoms with Crippen LogP contribution in [-0.4, -0.2) is 32.7 Å². The lowest BCUT2D eigenvalue weighted by Crippen LogP contribution is -2.36. The van der Waals surface area contributed by atoms with Crippen LogP contribution in [0.3, 0.4) is 0 Å². The number of aromatic nitrogens is 3. The minimum Gasteiger partial charge on any atom is -0.467 e. The van der Waals surface area contributed by atoms with Gasteiger partial charge in [-0.3, -0.25) is 14.3 Å². The van der Waals surface area contributed by atoms with Crippen molar-refractivity contribution in [1.29, 1.82) is 0 Å². The Morgan fingerprint density at radius 3 is 2.71 bits per heavy atom. The summed E-state index contributed by atoms with van der Waals surface area (Å²) in [4.78, 5) is 24.1. The number of rotatable bonds is 6. The third kappa shape index (κ3) is 3.37. The van der Waals surface area contributed by atoms with Crippen molar-refractivity contribution in [3.8, 4) is 5.82 Å². The van der Waals surface area contributed by atoms with E-state index >= 15 is 0 Å². The Morgan fingerprint density at radius 2 is 2.00 bits per heavy atom. The van der Waals surface area contributed by atoms with Crippen molar-refractivity contribution in [2.45, 2.75) is 6.54 Å². The number of carbonyl (C=O) groups excluding carboxylic acids is 2. The molecule has 0 unspecified atom stereocenters. The highest BCUT2D eigenvalue weighted by Gasteiger charge is 2.17. The SMILES string of the molecule is Cn1ncc(C(=O)NCC(=O)NCc2ccco2)c1-n1cccc1. The summed E-state index contributed by atoms with van der Waals surface area (Å²) in [6.45, 7) is 0.156. The molecular weight excluding hydrogens is 310 g/mol. The van der Waals surface area contributed by atoms with E-state index in [1.807, 2.05) is 24.5 Å². The Balaban J connectivity index is 1.59. The van der Waals surface area contributed by atoms with Crippen LogP contribution < -0.4 is 10.6 Å². The van der Waals surface area contributed by atoms with Crippen molar-refractivity contribution in [2.24, 2.45) is 7.05 Å². The number of amides is 2. The fraction of sp³-hybridized carbons (Fsp3) is 0.188. The van der Waals surface area contributed by atoms with Gasteiger partial charge in [0.05, 0.1) is 25.5 Å². The zero-order valence-corrected chi connectivity index (χ0v) is 13.1. The van der Waals surface area contributed by atoms with Gasteiger partial charge in [0.15, 0.2) is 0 Å². The van der Waals surface area contributed by atoms with Gasteiger partial charge in [0, 0.05) is 19.4 Å². The van der Waals surface area contributed by atoms with Gasteiger partial charge in [-0.05, 0) is 24.3 Å². The predicted octanol–water partition coefficient (Wildman–Crippen LogP) is 0.850. The van der Waals surface area contributed by atoms with E-state index in [0.717, 1.165) is 0 Å². The van der Waals surface area contributed by atoms with E-state index in [0.29, 0.717) is 17.1 Å². The molecule has 124 valence electrons. The highest BCUT2D eigenvalue weighted by atomic mass is 16.3. The zero-order chi connectivity index (χ0) is 16.9. The van der Waals surface area contributed by atoms with Crippen molar-refractivity contribution in [2.75, 3.05) is 6.54 Å². The molecule has 8 heteroatoms. The molecular formula is C16H17N5O3. The van der Waals surface area contributed by atoms with Gasteiger partial charge in [-0.1, -0.05) is 0 Å². The van der Waals surface area contributed by atoms with E-state index in [4.69, 9.17) is 4.42 Å². The molecule has 24 heavy (non-hydrogen) atoms. The number of furan rings is 1. The zero-order valence-electron chi connectivity index (χ0n) is 13.1. The summed E-state index contributed by atoms with van der Waals surface area (Å²) in [6.07, 6.45) is 6.66. The smallest absolute Gasteiger partial charge is 0.257 e. The first-order valence-corrected chi connectivity index (χ1v) is 7.38. The highest BCUT2D eigenvalue weighted by Crippen LogP contribution is 2.13. The quantitative estimate of drug-likeness (QED) is 0.702. The molecule has 3 heterocycles. The van der Waals surface area contributed by atoms with Crippen LogP contribution >= 0.6 is 0 Å². The molecule has 0 radical (unpaired) electrons. The summed E-state index contributed by atoms with van der Waals surface area (Å²) in [6, 6.07) is 7.22. The molecule has 0 atom stereocenters. The number of hydrogen-bond acceptors (Lipinski definition) is 4. The van der Waals surface area contributed by atoms with Crippen LogP contribution in [-0.2, 0) is 18.4 Å². The van der Waals surface area contributed by atoms with E-state index < -0.39 is 0 Å². The highest BCUT2D eigenvalue weighted by molar-refractivity contribution is 5.98. The van der Waals surface area contributed by atoms with Crippen molar-refractivity contribution in [1.82, 2.24) is 25.0 Å². The maximum Gasteiger partial charge on any atom is 0.257 e. The first-order valence-electron chi connectivity index (χ1n) is 7.38. The second kappa shape index (κ2) is 6.86. The van der Waals surface area contributed by atoms with Gasteiger partial charge in [0.25, 0.3) is 5.91 Å². The number of nitrogens with one attached hydrogen (secondary N) is 2. The summed E-state index contributed by atoms with van der Waals surface area (Å²) in [5, 5.41) is 9.37. The van der Waals surface area contributed by atoms with Gasteiger partial charge in [-0.15, -0.1) is 0 Å². The van der Waals surface area contributed by atoms with E-state index in [1.54, 1.807) is 28.4 Å². The molecule has 0 fully saturated rings. The molecule has 0 bridgehead atoms. The van der Waals surface area contributed by atoms with E-state index in [1.165, 1.54) is 12.5 Å². The molecule has 0 aliphatic rings. The van der Waals surface area contributed by atoms with E-state index in [9.17, 15) is 9.59 Å². The van der Waals surface area contributed by atoms with Gasteiger partial charge < -0.3 is 19.6 Å². The molecule has 3 aromatic heterocycles. The summed E-state index contributed by atoms with van der Waals surface area (Å²) in [7, 11) is 1.75. The largest absolute Gasteiger partial charge is 0.467 e. The molecule has 0 aliphatic heterocycles.